The number of halogens is 1. The third-order valence-corrected chi connectivity index (χ3v) is 9.07. The number of carbonyl (C=O) groups excluding carboxylic acids is 1. The van der Waals surface area contributed by atoms with E-state index in [1.165, 1.54) is 11.1 Å². The van der Waals surface area contributed by atoms with Crippen molar-refractivity contribution >= 4 is 18.3 Å². The van der Waals surface area contributed by atoms with Gasteiger partial charge in [-0.1, -0.05) is 87.4 Å². The Bertz CT molecular complexity index is 1260. The number of unbranched alkanes of at least 4 members (excludes halogenated alkanes) is 1. The van der Waals surface area contributed by atoms with E-state index in [2.05, 4.69) is 90.8 Å². The van der Waals surface area contributed by atoms with Gasteiger partial charge in [-0.2, -0.15) is 0 Å². The van der Waals surface area contributed by atoms with Gasteiger partial charge in [-0.15, -0.1) is 12.4 Å². The summed E-state index contributed by atoms with van der Waals surface area (Å²) in [5.74, 6) is 1.24. The molecule has 1 aliphatic rings. The van der Waals surface area contributed by atoms with Crippen LogP contribution in [0, 0.1) is 0 Å². The smallest absolute Gasteiger partial charge is 0.218 e. The van der Waals surface area contributed by atoms with E-state index in [9.17, 15) is 4.79 Å². The lowest BCUT2D eigenvalue weighted by molar-refractivity contribution is -0.125. The molecule has 1 heterocycles. The minimum Gasteiger partial charge on any atom is -0.493 e. The number of amides is 1. The summed E-state index contributed by atoms with van der Waals surface area (Å²) in [6.45, 7) is 7.69. The van der Waals surface area contributed by atoms with E-state index in [4.69, 9.17) is 15.2 Å². The zero-order valence-corrected chi connectivity index (χ0v) is 27.3. The van der Waals surface area contributed by atoms with Gasteiger partial charge < -0.3 is 20.5 Å². The minimum absolute atomic E-state index is 0. The number of nitrogens with one attached hydrogen (secondary N) is 1. The van der Waals surface area contributed by atoms with Crippen LogP contribution in [0.4, 0.5) is 0 Å². The first-order valence-corrected chi connectivity index (χ1v) is 15.5. The highest BCUT2D eigenvalue weighted by molar-refractivity contribution is 5.85. The molecular weight excluding hydrogens is 558 g/mol. The number of methoxy groups -OCH3 is 2. The summed E-state index contributed by atoms with van der Waals surface area (Å²) in [6.07, 6.45) is 6.52. The normalized spacial score (nSPS) is 17.3. The summed E-state index contributed by atoms with van der Waals surface area (Å²) >= 11 is 0. The van der Waals surface area contributed by atoms with Gasteiger partial charge in [-0.25, -0.2) is 0 Å². The van der Waals surface area contributed by atoms with E-state index in [0.717, 1.165) is 62.7 Å². The van der Waals surface area contributed by atoms with Gasteiger partial charge in [0.2, 0.25) is 5.91 Å². The average Bonchev–Trinajstić information content (AvgIpc) is 3.02. The third-order valence-electron chi connectivity index (χ3n) is 9.07. The van der Waals surface area contributed by atoms with E-state index < -0.39 is 5.66 Å². The molecule has 0 radical (unpaired) electrons. The lowest BCUT2D eigenvalue weighted by Crippen LogP contribution is -2.69. The standard InChI is InChI=1S/C36H49N3O3.ClH/c1-6-8-23-39-24-20-28-25-32(41-4)33(42-5)26-31(28)36(39,38-27(3)40)34(37)19-22-35(21-7-2,29-15-11-9-12-16-29)30-17-13-10-14-18-30;/h9-18,25-26,34H,6-8,19-24,37H2,1-5H3,(H,38,40);1H. The van der Waals surface area contributed by atoms with Crippen LogP contribution >= 0.6 is 12.4 Å². The summed E-state index contributed by atoms with van der Waals surface area (Å²) in [5.41, 5.74) is 11.1. The van der Waals surface area contributed by atoms with Crippen LogP contribution < -0.4 is 20.5 Å². The van der Waals surface area contributed by atoms with E-state index >= 15 is 0 Å². The predicted molar refractivity (Wildman–Crippen MR) is 178 cm³/mol. The van der Waals surface area contributed by atoms with Crippen molar-refractivity contribution in [1.82, 2.24) is 10.2 Å². The van der Waals surface area contributed by atoms with E-state index in [-0.39, 0.29) is 29.8 Å². The Balaban J connectivity index is 0.00000506. The molecule has 1 amide bonds. The molecule has 6 nitrogen and oxygen atoms in total. The Morgan fingerprint density at radius 3 is 2.05 bits per heavy atom. The van der Waals surface area contributed by atoms with Crippen LogP contribution in [-0.2, 0) is 22.3 Å². The highest BCUT2D eigenvalue weighted by Gasteiger charge is 2.49. The van der Waals surface area contributed by atoms with Crippen molar-refractivity contribution < 1.29 is 14.3 Å². The highest BCUT2D eigenvalue weighted by Crippen LogP contribution is 2.46. The quantitative estimate of drug-likeness (QED) is 0.207. The van der Waals surface area contributed by atoms with Crippen LogP contribution in [0.5, 0.6) is 11.5 Å². The number of hydrogen-bond donors (Lipinski definition) is 2. The Hall–Kier alpha value is -3.06. The molecule has 0 spiro atoms. The molecule has 0 aromatic heterocycles. The van der Waals surface area contributed by atoms with E-state index in [0.29, 0.717) is 17.9 Å². The first-order chi connectivity index (χ1) is 20.4. The molecule has 0 aliphatic carbocycles. The molecule has 4 rings (SSSR count). The van der Waals surface area contributed by atoms with Crippen molar-refractivity contribution in [2.75, 3.05) is 27.3 Å². The first kappa shape index (κ1) is 34.4. The topological polar surface area (TPSA) is 76.8 Å². The van der Waals surface area contributed by atoms with Gasteiger partial charge in [0.15, 0.2) is 11.5 Å². The summed E-state index contributed by atoms with van der Waals surface area (Å²) < 4.78 is 11.4. The second kappa shape index (κ2) is 15.6. The molecule has 0 saturated heterocycles. The Kier molecular flexibility index (Phi) is 12.5. The highest BCUT2D eigenvalue weighted by atomic mass is 35.5. The number of benzene rings is 3. The SMILES string of the molecule is CCCCN1CCc2cc(OC)c(OC)cc2C1(NC(C)=O)C(N)CCC(CCC)(c1ccccc1)c1ccccc1.Cl. The average molecular weight is 608 g/mol. The molecule has 3 aromatic rings. The maximum Gasteiger partial charge on any atom is 0.218 e. The number of ether oxygens (including phenoxy) is 2. The molecule has 234 valence electrons. The lowest BCUT2D eigenvalue weighted by Gasteiger charge is -2.52. The van der Waals surface area contributed by atoms with Crippen molar-refractivity contribution in [1.29, 1.82) is 0 Å². The molecule has 0 bridgehead atoms. The molecule has 7 heteroatoms. The zero-order chi connectivity index (χ0) is 30.2. The molecular formula is C36H50ClN3O3. The number of fused-ring (bicyclic) bond motifs is 1. The number of rotatable bonds is 14. The molecule has 2 unspecified atom stereocenters. The van der Waals surface area contributed by atoms with Crippen LogP contribution in [0.25, 0.3) is 0 Å². The van der Waals surface area contributed by atoms with Crippen molar-refractivity contribution in [2.45, 2.75) is 82.8 Å². The maximum absolute atomic E-state index is 13.0. The summed E-state index contributed by atoms with van der Waals surface area (Å²) in [6, 6.07) is 25.4. The fourth-order valence-electron chi connectivity index (χ4n) is 7.08. The molecule has 43 heavy (non-hydrogen) atoms. The molecule has 2 atom stereocenters. The van der Waals surface area contributed by atoms with Gasteiger partial charge in [0.05, 0.1) is 14.2 Å². The summed E-state index contributed by atoms with van der Waals surface area (Å²) in [7, 11) is 3.31. The first-order valence-electron chi connectivity index (χ1n) is 15.5. The second-order valence-corrected chi connectivity index (χ2v) is 11.6. The summed E-state index contributed by atoms with van der Waals surface area (Å²) in [4.78, 5) is 15.4. The lowest BCUT2D eigenvalue weighted by atomic mass is 9.67. The van der Waals surface area contributed by atoms with Gasteiger partial charge in [-0.05, 0) is 60.9 Å². The number of nitrogens with zero attached hydrogens (tertiary/aromatic N) is 1. The number of hydrogen-bond acceptors (Lipinski definition) is 5. The maximum atomic E-state index is 13.0. The molecule has 1 aliphatic heterocycles. The van der Waals surface area contributed by atoms with E-state index in [1.54, 1.807) is 21.1 Å². The molecule has 0 fully saturated rings. The van der Waals surface area contributed by atoms with Crippen LogP contribution in [0.15, 0.2) is 72.8 Å². The summed E-state index contributed by atoms with van der Waals surface area (Å²) in [5, 5.41) is 3.41. The van der Waals surface area contributed by atoms with Crippen molar-refractivity contribution in [3.8, 4) is 11.5 Å². The Labute approximate surface area is 264 Å². The van der Waals surface area contributed by atoms with Crippen molar-refractivity contribution in [3.63, 3.8) is 0 Å². The van der Waals surface area contributed by atoms with Gasteiger partial charge in [0, 0.05) is 37.0 Å². The Morgan fingerprint density at radius 2 is 1.53 bits per heavy atom. The van der Waals surface area contributed by atoms with Crippen molar-refractivity contribution in [3.05, 3.63) is 95.1 Å². The zero-order valence-electron chi connectivity index (χ0n) is 26.5. The molecule has 3 N–H and O–H groups in total. The van der Waals surface area contributed by atoms with Gasteiger partial charge in [-0.3, -0.25) is 9.69 Å². The molecule has 0 saturated carbocycles. The van der Waals surface area contributed by atoms with Crippen LogP contribution in [0.1, 0.15) is 81.5 Å². The van der Waals surface area contributed by atoms with Crippen LogP contribution in [0.2, 0.25) is 0 Å². The van der Waals surface area contributed by atoms with Gasteiger partial charge in [0.1, 0.15) is 5.66 Å². The minimum atomic E-state index is -0.876. The third kappa shape index (κ3) is 7.03. The molecule has 3 aromatic carbocycles. The van der Waals surface area contributed by atoms with E-state index in [1.807, 2.05) is 6.07 Å². The number of nitrogens with two attached hydrogens (primary N) is 1. The second-order valence-electron chi connectivity index (χ2n) is 11.6. The fourth-order valence-corrected chi connectivity index (χ4v) is 7.08. The monoisotopic (exact) mass is 607 g/mol. The largest absolute Gasteiger partial charge is 0.493 e. The number of carbonyl (C=O) groups is 1. The van der Waals surface area contributed by atoms with Crippen LogP contribution in [-0.4, -0.2) is 44.2 Å². The Morgan fingerprint density at radius 1 is 0.953 bits per heavy atom. The van der Waals surface area contributed by atoms with Crippen molar-refractivity contribution in [2.24, 2.45) is 5.73 Å². The predicted octanol–water partition coefficient (Wildman–Crippen LogP) is 6.97. The van der Waals surface area contributed by atoms with Gasteiger partial charge in [0.25, 0.3) is 0 Å². The fraction of sp³-hybridized carbons (Fsp3) is 0.472. The van der Waals surface area contributed by atoms with Crippen LogP contribution in [0.3, 0.4) is 0 Å². The van der Waals surface area contributed by atoms with Gasteiger partial charge >= 0.3 is 0 Å².